The Bertz CT molecular complexity index is 400. The number of carbonyl (C=O) groups excluding carboxylic acids is 3. The summed E-state index contributed by atoms with van der Waals surface area (Å²) in [7, 11) is 0. The van der Waals surface area contributed by atoms with Crippen molar-refractivity contribution >= 4 is 30.4 Å². The van der Waals surface area contributed by atoms with E-state index in [0.29, 0.717) is 18.8 Å². The number of amides is 2. The zero-order valence-corrected chi connectivity index (χ0v) is 15.6. The standard InChI is InChI=1S/C16H30N2O4S/c1-6-22-14(19)9-17-15(20)12(7-10(2)3)18-16(21)13(23)8-11(4)5/h10-13,23H,6-9H2,1-5H3,(H,17,20)(H,18,21)/t12-,13?/m0/s1. The quantitative estimate of drug-likeness (QED) is 0.414. The predicted octanol–water partition coefficient (Wildman–Crippen LogP) is 1.54. The first kappa shape index (κ1) is 21.8. The van der Waals surface area contributed by atoms with Gasteiger partial charge in [0.1, 0.15) is 12.6 Å². The molecule has 0 saturated carbocycles. The second-order valence-corrected chi connectivity index (χ2v) is 6.98. The second-order valence-electron chi connectivity index (χ2n) is 6.36. The molecule has 0 spiro atoms. The third-order valence-electron chi connectivity index (χ3n) is 3.05. The van der Waals surface area contributed by atoms with E-state index >= 15 is 0 Å². The second kappa shape index (κ2) is 11.3. The van der Waals surface area contributed by atoms with Gasteiger partial charge in [0.05, 0.1) is 11.9 Å². The minimum atomic E-state index is -0.682. The molecule has 2 N–H and O–H groups in total. The summed E-state index contributed by atoms with van der Waals surface area (Å²) in [4.78, 5) is 35.7. The maximum Gasteiger partial charge on any atom is 0.325 e. The molecular formula is C16H30N2O4S. The highest BCUT2D eigenvalue weighted by Gasteiger charge is 2.25. The fraction of sp³-hybridized carbons (Fsp3) is 0.812. The van der Waals surface area contributed by atoms with E-state index in [1.807, 2.05) is 27.7 Å². The molecule has 0 radical (unpaired) electrons. The average molecular weight is 346 g/mol. The van der Waals surface area contributed by atoms with Gasteiger partial charge < -0.3 is 15.4 Å². The van der Waals surface area contributed by atoms with Crippen molar-refractivity contribution in [2.24, 2.45) is 11.8 Å². The normalized spacial score (nSPS) is 13.6. The molecule has 0 aliphatic heterocycles. The molecule has 6 nitrogen and oxygen atoms in total. The molecule has 0 heterocycles. The van der Waals surface area contributed by atoms with Crippen LogP contribution in [0.2, 0.25) is 0 Å². The van der Waals surface area contributed by atoms with Gasteiger partial charge in [-0.2, -0.15) is 12.6 Å². The van der Waals surface area contributed by atoms with Crippen LogP contribution in [-0.2, 0) is 19.1 Å². The van der Waals surface area contributed by atoms with Crippen LogP contribution in [0, 0.1) is 11.8 Å². The minimum absolute atomic E-state index is 0.201. The Balaban J connectivity index is 4.64. The van der Waals surface area contributed by atoms with Crippen LogP contribution in [-0.4, -0.2) is 42.2 Å². The number of hydrogen-bond donors (Lipinski definition) is 3. The Kier molecular flexibility index (Phi) is 10.7. The van der Waals surface area contributed by atoms with Crippen molar-refractivity contribution in [1.82, 2.24) is 10.6 Å². The minimum Gasteiger partial charge on any atom is -0.465 e. The molecule has 0 saturated heterocycles. The van der Waals surface area contributed by atoms with Gasteiger partial charge in [-0.25, -0.2) is 0 Å². The summed E-state index contributed by atoms with van der Waals surface area (Å²) in [5.41, 5.74) is 0. The molecule has 2 atom stereocenters. The highest BCUT2D eigenvalue weighted by molar-refractivity contribution is 7.81. The lowest BCUT2D eigenvalue weighted by molar-refractivity contribution is -0.143. The molecule has 0 bridgehead atoms. The fourth-order valence-corrected chi connectivity index (χ4v) is 2.52. The average Bonchev–Trinajstić information content (AvgIpc) is 2.43. The molecular weight excluding hydrogens is 316 g/mol. The third-order valence-corrected chi connectivity index (χ3v) is 3.50. The molecule has 0 aliphatic carbocycles. The van der Waals surface area contributed by atoms with Crippen LogP contribution >= 0.6 is 12.6 Å². The summed E-state index contributed by atoms with van der Waals surface area (Å²) in [5.74, 6) is -0.590. The number of nitrogens with one attached hydrogen (secondary N) is 2. The van der Waals surface area contributed by atoms with Gasteiger partial charge in [0, 0.05) is 0 Å². The summed E-state index contributed by atoms with van der Waals surface area (Å²) in [6.07, 6.45) is 1.12. The van der Waals surface area contributed by atoms with Gasteiger partial charge in [0.15, 0.2) is 0 Å². The lowest BCUT2D eigenvalue weighted by atomic mass is 10.0. The highest BCUT2D eigenvalue weighted by Crippen LogP contribution is 2.12. The van der Waals surface area contributed by atoms with Crippen LogP contribution in [0.15, 0.2) is 0 Å². The maximum atomic E-state index is 12.2. The monoisotopic (exact) mass is 346 g/mol. The van der Waals surface area contributed by atoms with Crippen molar-refractivity contribution in [3.63, 3.8) is 0 Å². The molecule has 2 amide bonds. The van der Waals surface area contributed by atoms with Crippen molar-refractivity contribution < 1.29 is 19.1 Å². The fourth-order valence-electron chi connectivity index (χ4n) is 2.02. The van der Waals surface area contributed by atoms with Gasteiger partial charge >= 0.3 is 5.97 Å². The third kappa shape index (κ3) is 10.2. The van der Waals surface area contributed by atoms with Crippen molar-refractivity contribution in [2.45, 2.75) is 58.8 Å². The summed E-state index contributed by atoms with van der Waals surface area (Å²) < 4.78 is 4.76. The lowest BCUT2D eigenvalue weighted by Gasteiger charge is -2.22. The van der Waals surface area contributed by atoms with E-state index < -0.39 is 17.3 Å². The number of carbonyl (C=O) groups is 3. The molecule has 23 heavy (non-hydrogen) atoms. The van der Waals surface area contributed by atoms with Crippen LogP contribution in [0.4, 0.5) is 0 Å². The summed E-state index contributed by atoms with van der Waals surface area (Å²) in [5, 5.41) is 4.78. The van der Waals surface area contributed by atoms with E-state index in [4.69, 9.17) is 4.74 Å². The molecule has 0 aromatic heterocycles. The molecule has 0 aliphatic rings. The van der Waals surface area contributed by atoms with Crippen molar-refractivity contribution in [1.29, 1.82) is 0 Å². The lowest BCUT2D eigenvalue weighted by Crippen LogP contribution is -2.50. The van der Waals surface area contributed by atoms with Crippen molar-refractivity contribution in [3.8, 4) is 0 Å². The Morgan fingerprint density at radius 3 is 2.04 bits per heavy atom. The first-order chi connectivity index (χ1) is 10.7. The van der Waals surface area contributed by atoms with Crippen LogP contribution in [0.25, 0.3) is 0 Å². The Hall–Kier alpha value is -1.24. The Morgan fingerprint density at radius 1 is 1.00 bits per heavy atom. The number of hydrogen-bond acceptors (Lipinski definition) is 5. The van der Waals surface area contributed by atoms with E-state index in [2.05, 4.69) is 23.3 Å². The van der Waals surface area contributed by atoms with E-state index in [-0.39, 0.29) is 30.9 Å². The van der Waals surface area contributed by atoms with Crippen molar-refractivity contribution in [2.75, 3.05) is 13.2 Å². The first-order valence-electron chi connectivity index (χ1n) is 8.09. The predicted molar refractivity (Wildman–Crippen MR) is 93.3 cm³/mol. The van der Waals surface area contributed by atoms with Gasteiger partial charge in [-0.3, -0.25) is 14.4 Å². The molecule has 7 heteroatoms. The van der Waals surface area contributed by atoms with Crippen LogP contribution in [0.3, 0.4) is 0 Å². The van der Waals surface area contributed by atoms with E-state index in [9.17, 15) is 14.4 Å². The summed E-state index contributed by atoms with van der Waals surface area (Å²) >= 11 is 4.29. The van der Waals surface area contributed by atoms with Gasteiger partial charge in [0.2, 0.25) is 11.8 Å². The van der Waals surface area contributed by atoms with E-state index in [0.717, 1.165) is 0 Å². The van der Waals surface area contributed by atoms with Gasteiger partial charge in [-0.15, -0.1) is 0 Å². The molecule has 0 rings (SSSR count). The largest absolute Gasteiger partial charge is 0.465 e. The van der Waals surface area contributed by atoms with Crippen molar-refractivity contribution in [3.05, 3.63) is 0 Å². The van der Waals surface area contributed by atoms with Gasteiger partial charge in [0.25, 0.3) is 0 Å². The number of esters is 1. The van der Waals surface area contributed by atoms with Crippen LogP contribution < -0.4 is 10.6 Å². The van der Waals surface area contributed by atoms with Gasteiger partial charge in [-0.05, 0) is 31.6 Å². The zero-order chi connectivity index (χ0) is 18.0. The number of ether oxygens (including phenoxy) is 1. The number of thiol groups is 1. The molecule has 0 fully saturated rings. The first-order valence-corrected chi connectivity index (χ1v) is 8.60. The van der Waals surface area contributed by atoms with Crippen LogP contribution in [0.1, 0.15) is 47.5 Å². The Morgan fingerprint density at radius 2 is 1.57 bits per heavy atom. The Labute approximate surface area is 144 Å². The van der Waals surface area contributed by atoms with E-state index in [1.54, 1.807) is 6.92 Å². The highest BCUT2D eigenvalue weighted by atomic mass is 32.1. The SMILES string of the molecule is CCOC(=O)CNC(=O)[C@H](CC(C)C)NC(=O)C(S)CC(C)C. The van der Waals surface area contributed by atoms with E-state index in [1.165, 1.54) is 0 Å². The smallest absolute Gasteiger partial charge is 0.325 e. The van der Waals surface area contributed by atoms with Gasteiger partial charge in [-0.1, -0.05) is 27.7 Å². The molecule has 1 unspecified atom stereocenters. The maximum absolute atomic E-state index is 12.2. The topological polar surface area (TPSA) is 84.5 Å². The number of rotatable bonds is 10. The molecule has 134 valence electrons. The molecule has 0 aromatic rings. The molecule has 0 aromatic carbocycles. The summed E-state index contributed by atoms with van der Waals surface area (Å²) in [6.45, 7) is 9.70. The summed E-state index contributed by atoms with van der Waals surface area (Å²) in [6, 6.07) is -0.682. The zero-order valence-electron chi connectivity index (χ0n) is 14.7. The van der Waals surface area contributed by atoms with Crippen LogP contribution in [0.5, 0.6) is 0 Å².